The average Bonchev–Trinajstić information content (AvgIpc) is 2.54. The predicted octanol–water partition coefficient (Wildman–Crippen LogP) is 4.83. The second-order valence-corrected chi connectivity index (χ2v) is 7.43. The van der Waals surface area contributed by atoms with E-state index in [1.54, 1.807) is 4.31 Å². The molecule has 2 aromatic carbocycles. The van der Waals surface area contributed by atoms with Crippen LogP contribution in [0, 0.1) is 13.8 Å². The molecule has 2 nitrogen and oxygen atoms in total. The molecule has 0 saturated carbocycles. The summed E-state index contributed by atoms with van der Waals surface area (Å²) >= 11 is 0. The lowest BCUT2D eigenvalue weighted by Crippen LogP contribution is -2.28. The fourth-order valence-electron chi connectivity index (χ4n) is 2.70. The van der Waals surface area contributed by atoms with Crippen molar-refractivity contribution in [1.82, 2.24) is 4.31 Å². The Kier molecular flexibility index (Phi) is 6.46. The van der Waals surface area contributed by atoms with Gasteiger partial charge in [-0.2, -0.15) is 0 Å². The maximum Gasteiger partial charge on any atom is 0.128 e. The van der Waals surface area contributed by atoms with Crippen molar-refractivity contribution in [3.63, 3.8) is 0 Å². The van der Waals surface area contributed by atoms with Crippen LogP contribution in [0.5, 0.6) is 0 Å². The van der Waals surface area contributed by atoms with Crippen molar-refractivity contribution < 1.29 is 8.60 Å². The molecular formula is C20H24FNOS. The Hall–Kier alpha value is -1.78. The van der Waals surface area contributed by atoms with Crippen molar-refractivity contribution in [3.8, 4) is 0 Å². The Morgan fingerprint density at radius 1 is 1.17 bits per heavy atom. The zero-order valence-corrected chi connectivity index (χ0v) is 15.3. The largest absolute Gasteiger partial charge is 0.250 e. The molecule has 0 amide bonds. The van der Waals surface area contributed by atoms with Crippen LogP contribution in [-0.4, -0.2) is 21.7 Å². The third-order valence-electron chi connectivity index (χ3n) is 3.90. The van der Waals surface area contributed by atoms with Crippen LogP contribution < -0.4 is 0 Å². The number of hydrogen-bond donors (Lipinski definition) is 0. The molecule has 24 heavy (non-hydrogen) atoms. The molecule has 2 aromatic rings. The van der Waals surface area contributed by atoms with Gasteiger partial charge in [-0.1, -0.05) is 54.6 Å². The minimum atomic E-state index is -1.40. The molecule has 0 aromatic heterocycles. The number of allylic oxidation sites excluding steroid dienone is 1. The molecule has 128 valence electrons. The highest BCUT2D eigenvalue weighted by Crippen LogP contribution is 2.26. The van der Waals surface area contributed by atoms with Crippen LogP contribution in [-0.2, 0) is 17.5 Å². The maximum atomic E-state index is 13.1. The van der Waals surface area contributed by atoms with Crippen LogP contribution in [0.15, 0.2) is 53.9 Å². The maximum absolute atomic E-state index is 13.1. The molecule has 4 heteroatoms. The van der Waals surface area contributed by atoms with Gasteiger partial charge in [0.1, 0.15) is 17.7 Å². The Bertz CT molecular complexity index is 720. The number of nitrogens with zero attached hydrogens (tertiary/aromatic N) is 1. The number of aryl methyl sites for hydroxylation is 2. The summed E-state index contributed by atoms with van der Waals surface area (Å²) < 4.78 is 27.8. The fourth-order valence-corrected chi connectivity index (χ4v) is 4.13. The molecule has 0 heterocycles. The second kappa shape index (κ2) is 8.36. The van der Waals surface area contributed by atoms with E-state index in [0.717, 1.165) is 32.7 Å². The molecule has 1 atom stereocenters. The number of rotatable bonds is 7. The van der Waals surface area contributed by atoms with Gasteiger partial charge in [0.25, 0.3) is 0 Å². The number of hydrogen-bond acceptors (Lipinski definition) is 1. The first-order chi connectivity index (χ1) is 11.4. The predicted molar refractivity (Wildman–Crippen MR) is 99.9 cm³/mol. The van der Waals surface area contributed by atoms with E-state index >= 15 is 0 Å². The van der Waals surface area contributed by atoms with Gasteiger partial charge < -0.3 is 0 Å². The smallest absolute Gasteiger partial charge is 0.128 e. The van der Waals surface area contributed by atoms with Gasteiger partial charge in [-0.3, -0.25) is 0 Å². The molecule has 0 bridgehead atoms. The van der Waals surface area contributed by atoms with E-state index in [0.29, 0.717) is 6.54 Å². The van der Waals surface area contributed by atoms with E-state index in [1.807, 2.05) is 63.2 Å². The Labute approximate surface area is 146 Å². The first-order valence-electron chi connectivity index (χ1n) is 7.98. The van der Waals surface area contributed by atoms with Crippen molar-refractivity contribution in [2.45, 2.75) is 32.2 Å². The van der Waals surface area contributed by atoms with Gasteiger partial charge in [0.2, 0.25) is 0 Å². The average molecular weight is 345 g/mol. The zero-order chi connectivity index (χ0) is 17.7. The van der Waals surface area contributed by atoms with E-state index in [9.17, 15) is 8.60 Å². The van der Waals surface area contributed by atoms with Gasteiger partial charge in [-0.15, -0.1) is 0 Å². The normalized spacial score (nSPS) is 12.4. The standard InChI is InChI=1S/C20H24FNOS/c1-15(2)19-12-16(3)20(17(4)13-19)24(23)22(11-10-21)14-18-8-6-5-7-9-18/h5-9,12-13H,1,10-11,14H2,2-4H3. The summed E-state index contributed by atoms with van der Waals surface area (Å²) in [5, 5.41) is 0. The van der Waals surface area contributed by atoms with E-state index in [-0.39, 0.29) is 6.54 Å². The summed E-state index contributed by atoms with van der Waals surface area (Å²) in [5.41, 5.74) is 4.94. The number of halogens is 1. The van der Waals surface area contributed by atoms with Gasteiger partial charge in [0.15, 0.2) is 0 Å². The van der Waals surface area contributed by atoms with Crippen LogP contribution in [0.4, 0.5) is 4.39 Å². The van der Waals surface area contributed by atoms with Gasteiger partial charge >= 0.3 is 0 Å². The number of benzene rings is 2. The highest BCUT2D eigenvalue weighted by Gasteiger charge is 2.20. The molecule has 0 saturated heterocycles. The van der Waals surface area contributed by atoms with Crippen molar-refractivity contribution in [2.24, 2.45) is 0 Å². The van der Waals surface area contributed by atoms with E-state index < -0.39 is 17.7 Å². The first-order valence-corrected chi connectivity index (χ1v) is 9.08. The van der Waals surface area contributed by atoms with Crippen molar-refractivity contribution in [3.05, 3.63) is 71.3 Å². The first kappa shape index (κ1) is 18.6. The molecule has 0 radical (unpaired) electrons. The highest BCUT2D eigenvalue weighted by atomic mass is 32.2. The van der Waals surface area contributed by atoms with E-state index in [1.165, 1.54) is 0 Å². The fraction of sp³-hybridized carbons (Fsp3) is 0.300. The van der Waals surface area contributed by atoms with Crippen molar-refractivity contribution in [1.29, 1.82) is 0 Å². The molecule has 0 fully saturated rings. The lowest BCUT2D eigenvalue weighted by Gasteiger charge is -2.22. The van der Waals surface area contributed by atoms with Crippen LogP contribution in [0.3, 0.4) is 0 Å². The molecule has 0 aliphatic carbocycles. The Morgan fingerprint density at radius 2 is 1.75 bits per heavy atom. The number of alkyl halides is 1. The quantitative estimate of drug-likeness (QED) is 0.704. The molecule has 0 N–H and O–H groups in total. The lowest BCUT2D eigenvalue weighted by molar-refractivity contribution is 0.369. The third-order valence-corrected chi connectivity index (χ3v) is 5.67. The van der Waals surface area contributed by atoms with Crippen LogP contribution in [0.2, 0.25) is 0 Å². The van der Waals surface area contributed by atoms with Crippen LogP contribution >= 0.6 is 0 Å². The summed E-state index contributed by atoms with van der Waals surface area (Å²) in [6, 6.07) is 13.7. The Balaban J connectivity index is 2.34. The molecule has 0 spiro atoms. The molecule has 1 unspecified atom stereocenters. The van der Waals surface area contributed by atoms with Gasteiger partial charge in [0, 0.05) is 13.1 Å². The van der Waals surface area contributed by atoms with Gasteiger partial charge in [0.05, 0.1) is 4.90 Å². The molecule has 0 aliphatic rings. The van der Waals surface area contributed by atoms with Crippen LogP contribution in [0.25, 0.3) is 5.57 Å². The lowest BCUT2D eigenvalue weighted by atomic mass is 10.0. The molecule has 0 aliphatic heterocycles. The van der Waals surface area contributed by atoms with E-state index in [2.05, 4.69) is 6.58 Å². The van der Waals surface area contributed by atoms with Crippen molar-refractivity contribution >= 4 is 16.6 Å². The van der Waals surface area contributed by atoms with Gasteiger partial charge in [-0.25, -0.2) is 12.9 Å². The van der Waals surface area contributed by atoms with Crippen molar-refractivity contribution in [2.75, 3.05) is 13.2 Å². The molecular weight excluding hydrogens is 321 g/mol. The summed E-state index contributed by atoms with van der Waals surface area (Å²) in [6.07, 6.45) is 0. The summed E-state index contributed by atoms with van der Waals surface area (Å²) in [7, 11) is -1.40. The zero-order valence-electron chi connectivity index (χ0n) is 14.5. The minimum absolute atomic E-state index is 0.141. The van der Waals surface area contributed by atoms with Crippen LogP contribution in [0.1, 0.15) is 29.2 Å². The summed E-state index contributed by atoms with van der Waals surface area (Å²) in [5.74, 6) is 0. The second-order valence-electron chi connectivity index (χ2n) is 6.01. The van der Waals surface area contributed by atoms with Gasteiger partial charge in [-0.05, 0) is 43.0 Å². The monoisotopic (exact) mass is 345 g/mol. The highest BCUT2D eigenvalue weighted by molar-refractivity contribution is 7.82. The Morgan fingerprint density at radius 3 is 2.25 bits per heavy atom. The summed E-state index contributed by atoms with van der Waals surface area (Å²) in [4.78, 5) is 0.768. The molecule has 2 rings (SSSR count). The summed E-state index contributed by atoms with van der Waals surface area (Å²) in [6.45, 7) is 9.89. The topological polar surface area (TPSA) is 20.3 Å². The third kappa shape index (κ3) is 4.40. The van der Waals surface area contributed by atoms with E-state index in [4.69, 9.17) is 0 Å². The minimum Gasteiger partial charge on any atom is -0.250 e. The SMILES string of the molecule is C=C(C)c1cc(C)c(S(=O)N(CCF)Cc2ccccc2)c(C)c1.